The number of rotatable bonds is 11. The second-order valence-electron chi connectivity index (χ2n) is 20.7. The molecule has 7 fully saturated rings. The molecule has 11 N–H and O–H groups in total. The minimum Gasteiger partial charge on any atom is -0.394 e. The monoisotopic (exact) mass is 888 g/mol. The summed E-state index contributed by atoms with van der Waals surface area (Å²) in [4.78, 5) is 0. The van der Waals surface area contributed by atoms with Crippen molar-refractivity contribution < 1.29 is 89.3 Å². The summed E-state index contributed by atoms with van der Waals surface area (Å²) in [6.07, 6.45) is -12.8. The molecule has 4 aliphatic heterocycles. The highest BCUT2D eigenvalue weighted by Crippen LogP contribution is 2.70. The fourth-order valence-corrected chi connectivity index (χ4v) is 13.3. The Hall–Kier alpha value is -0.980. The molecule has 4 heterocycles. The van der Waals surface area contributed by atoms with E-state index in [0.29, 0.717) is 37.5 Å². The van der Waals surface area contributed by atoms with Gasteiger partial charge < -0.3 is 89.3 Å². The first-order chi connectivity index (χ1) is 29.2. The first-order valence-electron chi connectivity index (χ1n) is 22.9. The molecule has 26 unspecified atom stereocenters. The molecule has 62 heavy (non-hydrogen) atoms. The van der Waals surface area contributed by atoms with Gasteiger partial charge >= 0.3 is 0 Å². The summed E-state index contributed by atoms with van der Waals surface area (Å²) in [6.45, 7) is 9.47. The molecule has 0 spiro atoms. The van der Waals surface area contributed by atoms with Crippen LogP contribution in [0.15, 0.2) is 11.6 Å². The zero-order valence-electron chi connectivity index (χ0n) is 36.4. The second-order valence-corrected chi connectivity index (χ2v) is 20.7. The molecule has 18 heteroatoms. The van der Waals surface area contributed by atoms with Crippen molar-refractivity contribution in [2.45, 2.75) is 196 Å². The Bertz CT molecular complexity index is 1590. The van der Waals surface area contributed by atoms with Crippen LogP contribution < -0.4 is 0 Å². The lowest BCUT2D eigenvalue weighted by atomic mass is 9.46. The summed E-state index contributed by atoms with van der Waals surface area (Å²) < 4.78 is 41.7. The molecule has 0 aromatic heterocycles. The van der Waals surface area contributed by atoms with Crippen LogP contribution in [0.1, 0.15) is 86.0 Å². The molecule has 4 aliphatic carbocycles. The average Bonchev–Trinajstić information content (AvgIpc) is 3.68. The first-order valence-corrected chi connectivity index (χ1v) is 22.9. The van der Waals surface area contributed by atoms with Gasteiger partial charge in [0.05, 0.1) is 44.2 Å². The van der Waals surface area contributed by atoms with E-state index in [1.165, 1.54) is 6.92 Å². The molecule has 0 amide bonds. The molecule has 8 rings (SSSR count). The number of fused-ring (bicyclic) bond motifs is 7. The largest absolute Gasteiger partial charge is 0.394 e. The van der Waals surface area contributed by atoms with Crippen molar-refractivity contribution in [3.63, 3.8) is 0 Å². The van der Waals surface area contributed by atoms with Gasteiger partial charge in [0.15, 0.2) is 24.7 Å². The Morgan fingerprint density at radius 1 is 0.823 bits per heavy atom. The quantitative estimate of drug-likeness (QED) is 0.108. The predicted octanol–water partition coefficient (Wildman–Crippen LogP) is -1.22. The SMILES string of the molecule is CC(CCC1(O)OC2CC3C4CC=C5CC(OC6OCC(O)C(O)C6OC6OC(C)C(O)C(O)C6O)CC(O)C5(C)C4CCC3(C)C2C1C)COC1OC(CO)C(O)C(O)C1O. The number of hydrogen-bond donors (Lipinski definition) is 11. The lowest BCUT2D eigenvalue weighted by Crippen LogP contribution is -2.62. The maximum absolute atomic E-state index is 12.1. The molecule has 0 aromatic carbocycles. The molecule has 0 aromatic rings. The third-order valence-electron chi connectivity index (χ3n) is 17.1. The van der Waals surface area contributed by atoms with Gasteiger partial charge in [-0.05, 0) is 80.5 Å². The highest BCUT2D eigenvalue weighted by atomic mass is 16.8. The van der Waals surface area contributed by atoms with E-state index in [-0.39, 0.29) is 48.4 Å². The number of aliphatic hydroxyl groups excluding tert-OH is 10. The van der Waals surface area contributed by atoms with Gasteiger partial charge in [0.25, 0.3) is 0 Å². The van der Waals surface area contributed by atoms with Gasteiger partial charge in [-0.2, -0.15) is 0 Å². The van der Waals surface area contributed by atoms with Crippen LogP contribution >= 0.6 is 0 Å². The normalized spacial score (nSPS) is 55.7. The molecule has 356 valence electrons. The molecule has 4 saturated heterocycles. The van der Waals surface area contributed by atoms with Crippen molar-refractivity contribution in [2.75, 3.05) is 19.8 Å². The van der Waals surface area contributed by atoms with E-state index in [1.807, 2.05) is 6.92 Å². The van der Waals surface area contributed by atoms with Crippen molar-refractivity contribution in [1.82, 2.24) is 0 Å². The molecule has 0 bridgehead atoms. The third kappa shape index (κ3) is 8.06. The van der Waals surface area contributed by atoms with Gasteiger partial charge in [-0.15, -0.1) is 0 Å². The molecule has 18 nitrogen and oxygen atoms in total. The van der Waals surface area contributed by atoms with Gasteiger partial charge in [-0.1, -0.05) is 39.3 Å². The van der Waals surface area contributed by atoms with E-state index >= 15 is 0 Å². The fraction of sp³-hybridized carbons (Fsp3) is 0.955. The summed E-state index contributed by atoms with van der Waals surface area (Å²) in [5, 5.41) is 117. The zero-order valence-corrected chi connectivity index (χ0v) is 36.4. The van der Waals surface area contributed by atoms with Crippen LogP contribution in [-0.4, -0.2) is 186 Å². The smallest absolute Gasteiger partial charge is 0.187 e. The summed E-state index contributed by atoms with van der Waals surface area (Å²) in [5.74, 6) is -0.554. The zero-order chi connectivity index (χ0) is 44.8. The van der Waals surface area contributed by atoms with Crippen LogP contribution in [0.25, 0.3) is 0 Å². The highest BCUT2D eigenvalue weighted by Gasteiger charge is 2.68. The standard InChI is InChI=1S/C44H72O18/c1-18(16-56-39-36(53)35(52)33(50)28(15-45)60-39)8-11-44(55)19(2)30-27(62-44)14-25-23-7-6-21-12-22(13-29(47)43(21,5)24(23)9-10-42(25,30)4)59-41-38(32(49)26(46)17-57-41)61-40-37(54)34(51)31(48)20(3)58-40/h6,18-20,22-41,45-55H,7-17H2,1-5H3. The van der Waals surface area contributed by atoms with E-state index in [4.69, 9.17) is 33.2 Å². The van der Waals surface area contributed by atoms with E-state index in [2.05, 4.69) is 26.8 Å². The first kappa shape index (κ1) is 47.5. The fourth-order valence-electron chi connectivity index (χ4n) is 13.3. The van der Waals surface area contributed by atoms with Crippen molar-refractivity contribution >= 4 is 0 Å². The van der Waals surface area contributed by atoms with Crippen molar-refractivity contribution in [2.24, 2.45) is 46.3 Å². The molecule has 0 radical (unpaired) electrons. The van der Waals surface area contributed by atoms with Crippen LogP contribution in [0.3, 0.4) is 0 Å². The van der Waals surface area contributed by atoms with Gasteiger partial charge in [0.1, 0.15) is 61.0 Å². The van der Waals surface area contributed by atoms with Gasteiger partial charge in [0, 0.05) is 24.2 Å². The van der Waals surface area contributed by atoms with Gasteiger partial charge in [-0.25, -0.2) is 0 Å². The molecular weight excluding hydrogens is 816 g/mol. The van der Waals surface area contributed by atoms with Gasteiger partial charge in [-0.3, -0.25) is 0 Å². The summed E-state index contributed by atoms with van der Waals surface area (Å²) in [7, 11) is 0. The maximum atomic E-state index is 12.1. The highest BCUT2D eigenvalue weighted by molar-refractivity contribution is 5.28. The number of ether oxygens (including phenoxy) is 7. The topological polar surface area (TPSA) is 287 Å². The average molecular weight is 889 g/mol. The van der Waals surface area contributed by atoms with Crippen molar-refractivity contribution in [3.8, 4) is 0 Å². The van der Waals surface area contributed by atoms with Crippen LogP contribution in [-0.2, 0) is 33.2 Å². The summed E-state index contributed by atoms with van der Waals surface area (Å²) in [5.41, 5.74) is 0.523. The Morgan fingerprint density at radius 2 is 1.53 bits per heavy atom. The lowest BCUT2D eigenvalue weighted by Gasteiger charge is -2.60. The third-order valence-corrected chi connectivity index (χ3v) is 17.1. The summed E-state index contributed by atoms with van der Waals surface area (Å²) in [6, 6.07) is 0. The van der Waals surface area contributed by atoms with E-state index < -0.39 is 116 Å². The number of allylic oxidation sites excluding steroid dienone is 1. The predicted molar refractivity (Wildman–Crippen MR) is 213 cm³/mol. The molecule has 8 aliphatic rings. The van der Waals surface area contributed by atoms with Crippen LogP contribution in [0, 0.1) is 46.3 Å². The summed E-state index contributed by atoms with van der Waals surface area (Å²) >= 11 is 0. The number of hydrogen-bond acceptors (Lipinski definition) is 18. The van der Waals surface area contributed by atoms with Gasteiger partial charge in [0.2, 0.25) is 0 Å². The van der Waals surface area contributed by atoms with E-state index in [1.54, 1.807) is 0 Å². The minimum atomic E-state index is -1.64. The molecule has 3 saturated carbocycles. The van der Waals surface area contributed by atoms with Crippen LogP contribution in [0.2, 0.25) is 0 Å². The lowest BCUT2D eigenvalue weighted by molar-refractivity contribution is -0.358. The van der Waals surface area contributed by atoms with Crippen LogP contribution in [0.4, 0.5) is 0 Å². The number of aliphatic hydroxyl groups is 11. The van der Waals surface area contributed by atoms with Crippen LogP contribution in [0.5, 0.6) is 0 Å². The minimum absolute atomic E-state index is 0.0679. The Labute approximate surface area is 362 Å². The van der Waals surface area contributed by atoms with E-state index in [9.17, 15) is 56.2 Å². The van der Waals surface area contributed by atoms with E-state index in [0.717, 1.165) is 31.3 Å². The Balaban J connectivity index is 0.887. The van der Waals surface area contributed by atoms with Crippen molar-refractivity contribution in [1.29, 1.82) is 0 Å². The Morgan fingerprint density at radius 3 is 2.26 bits per heavy atom. The van der Waals surface area contributed by atoms with Crippen molar-refractivity contribution in [3.05, 3.63) is 11.6 Å². The maximum Gasteiger partial charge on any atom is 0.187 e. The Kier molecular flexibility index (Phi) is 13.7. The second kappa shape index (κ2) is 17.9. The molecular formula is C44H72O18. The molecule has 26 atom stereocenters.